The molecule has 6 nitrogen and oxygen atoms in total. The van der Waals surface area contributed by atoms with E-state index in [1.165, 1.54) is 13.2 Å². The van der Waals surface area contributed by atoms with Gasteiger partial charge in [-0.2, -0.15) is 0 Å². The summed E-state index contributed by atoms with van der Waals surface area (Å²) in [6, 6.07) is 13.0. The zero-order valence-electron chi connectivity index (χ0n) is 13.8. The number of anilines is 1. The lowest BCUT2D eigenvalue weighted by Gasteiger charge is -2.26. The second-order valence-corrected chi connectivity index (χ2v) is 5.51. The Bertz CT molecular complexity index is 885. The number of ether oxygens (including phenoxy) is 1. The van der Waals surface area contributed by atoms with E-state index in [-0.39, 0.29) is 5.57 Å². The van der Waals surface area contributed by atoms with Gasteiger partial charge in [-0.25, -0.2) is 9.69 Å². The Kier molecular flexibility index (Phi) is 4.35. The minimum atomic E-state index is -0.776. The summed E-state index contributed by atoms with van der Waals surface area (Å²) >= 11 is 0. The summed E-state index contributed by atoms with van der Waals surface area (Å²) in [7, 11) is 1.52. The van der Waals surface area contributed by atoms with Crippen LogP contribution >= 0.6 is 0 Å². The van der Waals surface area contributed by atoms with Crippen LogP contribution in [0, 0.1) is 6.92 Å². The molecule has 1 aliphatic heterocycles. The molecular weight excluding hydrogens is 320 g/mol. The molecule has 1 heterocycles. The number of hydrogen-bond donors (Lipinski definition) is 1. The molecule has 0 atom stereocenters. The minimum Gasteiger partial charge on any atom is -0.497 e. The highest BCUT2D eigenvalue weighted by Gasteiger charge is 2.36. The van der Waals surface area contributed by atoms with Crippen LogP contribution < -0.4 is 15.0 Å². The molecule has 0 aromatic heterocycles. The monoisotopic (exact) mass is 336 g/mol. The topological polar surface area (TPSA) is 75.7 Å². The van der Waals surface area contributed by atoms with Crippen molar-refractivity contribution in [2.75, 3.05) is 12.0 Å². The minimum absolute atomic E-state index is 0.0929. The molecule has 0 spiro atoms. The van der Waals surface area contributed by atoms with Crippen LogP contribution in [-0.2, 0) is 9.59 Å². The van der Waals surface area contributed by atoms with Crippen LogP contribution in [-0.4, -0.2) is 25.0 Å². The molecule has 0 aliphatic carbocycles. The van der Waals surface area contributed by atoms with Gasteiger partial charge < -0.3 is 4.74 Å². The van der Waals surface area contributed by atoms with Crippen molar-refractivity contribution in [2.45, 2.75) is 6.92 Å². The van der Waals surface area contributed by atoms with E-state index in [4.69, 9.17) is 4.74 Å². The van der Waals surface area contributed by atoms with Gasteiger partial charge in [0.05, 0.1) is 12.8 Å². The number of nitrogens with one attached hydrogen (secondary N) is 1. The lowest BCUT2D eigenvalue weighted by molar-refractivity contribution is -0.122. The van der Waals surface area contributed by atoms with Crippen molar-refractivity contribution < 1.29 is 19.1 Å². The molecule has 3 rings (SSSR count). The number of hydrogen-bond acceptors (Lipinski definition) is 4. The van der Waals surface area contributed by atoms with Crippen LogP contribution in [0.3, 0.4) is 0 Å². The third-order valence-electron chi connectivity index (χ3n) is 3.92. The Morgan fingerprint density at radius 2 is 1.68 bits per heavy atom. The molecule has 1 aliphatic rings. The lowest BCUT2D eigenvalue weighted by Crippen LogP contribution is -2.54. The van der Waals surface area contributed by atoms with Gasteiger partial charge in [0.2, 0.25) is 0 Å². The molecule has 0 bridgehead atoms. The number of aryl methyl sites for hydroxylation is 1. The van der Waals surface area contributed by atoms with E-state index in [1.54, 1.807) is 30.3 Å². The zero-order chi connectivity index (χ0) is 18.0. The highest BCUT2D eigenvalue weighted by atomic mass is 16.5. The van der Waals surface area contributed by atoms with Gasteiger partial charge in [0.15, 0.2) is 0 Å². The average molecular weight is 336 g/mol. The predicted molar refractivity (Wildman–Crippen MR) is 93.2 cm³/mol. The van der Waals surface area contributed by atoms with Crippen LogP contribution in [0.4, 0.5) is 10.5 Å². The van der Waals surface area contributed by atoms with E-state index in [9.17, 15) is 14.4 Å². The lowest BCUT2D eigenvalue weighted by atomic mass is 10.0. The van der Waals surface area contributed by atoms with Gasteiger partial charge >= 0.3 is 6.03 Å². The van der Waals surface area contributed by atoms with Crippen molar-refractivity contribution >= 4 is 29.6 Å². The number of imide groups is 2. The first-order valence-corrected chi connectivity index (χ1v) is 7.62. The molecule has 0 unspecified atom stereocenters. The smallest absolute Gasteiger partial charge is 0.335 e. The second kappa shape index (κ2) is 6.60. The number of carbonyl (C=O) groups is 3. The Balaban J connectivity index is 2.01. The standard InChI is InChI=1S/C19H16N2O4/c1-12-5-3-4-6-13(12)11-16-17(22)20-19(24)21(18(16)23)14-7-9-15(25-2)10-8-14/h3-11H,1-2H3,(H,20,22,24)/b16-11+. The number of barbiturate groups is 1. The first-order chi connectivity index (χ1) is 12.0. The van der Waals surface area contributed by atoms with E-state index < -0.39 is 17.8 Å². The van der Waals surface area contributed by atoms with Crippen molar-refractivity contribution in [3.8, 4) is 5.75 Å². The van der Waals surface area contributed by atoms with Gasteiger partial charge in [-0.15, -0.1) is 0 Å². The molecule has 2 aromatic rings. The SMILES string of the molecule is COc1ccc(N2C(=O)NC(=O)/C(=C\c3ccccc3C)C2=O)cc1. The maximum absolute atomic E-state index is 12.8. The number of benzene rings is 2. The first-order valence-electron chi connectivity index (χ1n) is 7.62. The Hall–Kier alpha value is -3.41. The van der Waals surface area contributed by atoms with Gasteiger partial charge in [-0.3, -0.25) is 14.9 Å². The zero-order valence-corrected chi connectivity index (χ0v) is 13.8. The fourth-order valence-electron chi connectivity index (χ4n) is 2.53. The van der Waals surface area contributed by atoms with E-state index >= 15 is 0 Å². The molecule has 1 saturated heterocycles. The van der Waals surface area contributed by atoms with Gasteiger partial charge in [0.25, 0.3) is 11.8 Å². The number of rotatable bonds is 3. The number of nitrogens with zero attached hydrogens (tertiary/aromatic N) is 1. The van der Waals surface area contributed by atoms with Crippen LogP contribution in [0.15, 0.2) is 54.1 Å². The van der Waals surface area contributed by atoms with Crippen LogP contribution in [0.25, 0.3) is 6.08 Å². The van der Waals surface area contributed by atoms with Gasteiger partial charge in [0.1, 0.15) is 11.3 Å². The number of amides is 4. The third-order valence-corrected chi connectivity index (χ3v) is 3.92. The summed E-state index contributed by atoms with van der Waals surface area (Å²) in [5.41, 5.74) is 1.92. The summed E-state index contributed by atoms with van der Waals surface area (Å²) in [5.74, 6) is -0.773. The maximum Gasteiger partial charge on any atom is 0.335 e. The first kappa shape index (κ1) is 16.4. The molecule has 0 saturated carbocycles. The van der Waals surface area contributed by atoms with E-state index in [0.29, 0.717) is 11.4 Å². The van der Waals surface area contributed by atoms with Gasteiger partial charge in [-0.1, -0.05) is 24.3 Å². The number of methoxy groups -OCH3 is 1. The molecule has 6 heteroatoms. The molecule has 1 fully saturated rings. The predicted octanol–water partition coefficient (Wildman–Crippen LogP) is 2.67. The molecule has 0 radical (unpaired) electrons. The largest absolute Gasteiger partial charge is 0.497 e. The summed E-state index contributed by atoms with van der Waals surface area (Å²) in [4.78, 5) is 38.0. The van der Waals surface area contributed by atoms with Crippen molar-refractivity contribution in [1.29, 1.82) is 0 Å². The Labute approximate surface area is 144 Å². The van der Waals surface area contributed by atoms with E-state index in [0.717, 1.165) is 16.0 Å². The average Bonchev–Trinajstić information content (AvgIpc) is 2.60. The fourth-order valence-corrected chi connectivity index (χ4v) is 2.53. The van der Waals surface area contributed by atoms with Crippen LogP contribution in [0.2, 0.25) is 0 Å². The fraction of sp³-hybridized carbons (Fsp3) is 0.105. The maximum atomic E-state index is 12.8. The highest BCUT2D eigenvalue weighted by Crippen LogP contribution is 2.24. The second-order valence-electron chi connectivity index (χ2n) is 5.51. The van der Waals surface area contributed by atoms with E-state index in [2.05, 4.69) is 5.32 Å². The molecule has 25 heavy (non-hydrogen) atoms. The van der Waals surface area contributed by atoms with Gasteiger partial charge in [0, 0.05) is 0 Å². The summed E-state index contributed by atoms with van der Waals surface area (Å²) in [6.45, 7) is 1.88. The molecule has 4 amide bonds. The summed E-state index contributed by atoms with van der Waals surface area (Å²) in [6.07, 6.45) is 1.50. The van der Waals surface area contributed by atoms with Crippen LogP contribution in [0.5, 0.6) is 5.75 Å². The Morgan fingerprint density at radius 3 is 2.32 bits per heavy atom. The van der Waals surface area contributed by atoms with Crippen molar-refractivity contribution in [3.63, 3.8) is 0 Å². The van der Waals surface area contributed by atoms with Crippen LogP contribution in [0.1, 0.15) is 11.1 Å². The third kappa shape index (κ3) is 3.14. The molecule has 126 valence electrons. The van der Waals surface area contributed by atoms with Crippen molar-refractivity contribution in [3.05, 3.63) is 65.2 Å². The summed E-state index contributed by atoms with van der Waals surface area (Å²) < 4.78 is 5.07. The normalized spacial score (nSPS) is 16.2. The van der Waals surface area contributed by atoms with Crippen molar-refractivity contribution in [2.24, 2.45) is 0 Å². The van der Waals surface area contributed by atoms with E-state index in [1.807, 2.05) is 25.1 Å². The van der Waals surface area contributed by atoms with Crippen molar-refractivity contribution in [1.82, 2.24) is 5.32 Å². The molecule has 1 N–H and O–H groups in total. The Morgan fingerprint density at radius 1 is 1.00 bits per heavy atom. The number of urea groups is 1. The highest BCUT2D eigenvalue weighted by molar-refractivity contribution is 6.39. The summed E-state index contributed by atoms with van der Waals surface area (Å²) in [5, 5.41) is 2.20. The van der Waals surface area contributed by atoms with Gasteiger partial charge in [-0.05, 0) is 48.4 Å². The number of carbonyl (C=O) groups excluding carboxylic acids is 3. The quantitative estimate of drug-likeness (QED) is 0.691. The molecular formula is C19H16N2O4. The molecule has 2 aromatic carbocycles.